The number of benzene rings is 3. The van der Waals surface area contributed by atoms with Crippen LogP contribution in [0.5, 0.6) is 0 Å². The summed E-state index contributed by atoms with van der Waals surface area (Å²) in [7, 11) is 1.08. The predicted octanol–water partition coefficient (Wildman–Crippen LogP) is 6.26. The van der Waals surface area contributed by atoms with Crippen molar-refractivity contribution >= 4 is 33.6 Å². The van der Waals surface area contributed by atoms with Crippen LogP contribution < -0.4 is 5.32 Å². The lowest BCUT2D eigenvalue weighted by Gasteiger charge is -2.20. The first-order valence-corrected chi connectivity index (χ1v) is 12.2. The quantitative estimate of drug-likeness (QED) is 0.194. The zero-order valence-corrected chi connectivity index (χ0v) is 21.3. The average molecular weight is 565 g/mol. The summed E-state index contributed by atoms with van der Waals surface area (Å²) in [6.45, 7) is 0. The Morgan fingerprint density at radius 2 is 1.61 bits per heavy atom. The minimum absolute atomic E-state index is 0.0213. The average Bonchev–Trinajstić information content (AvgIpc) is 2.95. The summed E-state index contributed by atoms with van der Waals surface area (Å²) in [5.41, 5.74) is -1.41. The van der Waals surface area contributed by atoms with Crippen LogP contribution in [0, 0.1) is 11.6 Å². The Morgan fingerprint density at radius 3 is 2.32 bits per heavy atom. The maximum Gasteiger partial charge on any atom is 0.419 e. The van der Waals surface area contributed by atoms with E-state index in [9.17, 15) is 31.5 Å². The van der Waals surface area contributed by atoms with Crippen LogP contribution in [-0.4, -0.2) is 35.0 Å². The molecule has 5 aromatic rings. The molecule has 0 aliphatic carbocycles. The van der Waals surface area contributed by atoms with Crippen molar-refractivity contribution in [1.29, 1.82) is 0 Å². The highest BCUT2D eigenvalue weighted by Crippen LogP contribution is 2.42. The van der Waals surface area contributed by atoms with E-state index in [4.69, 9.17) is 4.74 Å². The summed E-state index contributed by atoms with van der Waals surface area (Å²) in [6.07, 6.45) is -2.18. The summed E-state index contributed by atoms with van der Waals surface area (Å²) in [5.74, 6) is -4.31. The fourth-order valence-electron chi connectivity index (χ4n) is 4.76. The molecule has 3 aromatic carbocycles. The summed E-state index contributed by atoms with van der Waals surface area (Å²) >= 11 is 0. The number of hydrogen-bond acceptors (Lipinski definition) is 5. The molecule has 208 valence electrons. The van der Waals surface area contributed by atoms with E-state index in [2.05, 4.69) is 15.3 Å². The van der Waals surface area contributed by atoms with Gasteiger partial charge in [0.1, 0.15) is 23.2 Å². The van der Waals surface area contributed by atoms with Crippen molar-refractivity contribution in [2.75, 3.05) is 7.11 Å². The largest absolute Gasteiger partial charge is 0.467 e. The van der Waals surface area contributed by atoms with E-state index in [-0.39, 0.29) is 28.6 Å². The Hall–Kier alpha value is -4.93. The summed E-state index contributed by atoms with van der Waals surface area (Å²) in [5, 5.41) is 2.98. The second-order valence-electron chi connectivity index (χ2n) is 9.09. The zero-order valence-electron chi connectivity index (χ0n) is 21.3. The maximum absolute atomic E-state index is 14.4. The zero-order chi connectivity index (χ0) is 29.3. The number of halogens is 5. The second kappa shape index (κ2) is 10.9. The molecule has 2 aromatic heterocycles. The molecule has 2 heterocycles. The molecule has 1 amide bonds. The van der Waals surface area contributed by atoms with Gasteiger partial charge in [0, 0.05) is 35.2 Å². The van der Waals surface area contributed by atoms with Crippen molar-refractivity contribution in [3.8, 4) is 11.3 Å². The number of alkyl halides is 3. The van der Waals surface area contributed by atoms with E-state index in [1.165, 1.54) is 42.7 Å². The third-order valence-corrected chi connectivity index (χ3v) is 6.60. The van der Waals surface area contributed by atoms with E-state index < -0.39 is 46.9 Å². The van der Waals surface area contributed by atoms with Gasteiger partial charge in [-0.3, -0.25) is 14.8 Å². The minimum atomic E-state index is -4.73. The van der Waals surface area contributed by atoms with Gasteiger partial charge in [-0.05, 0) is 29.1 Å². The number of hydrogen-bond donors (Lipinski definition) is 1. The van der Waals surface area contributed by atoms with Gasteiger partial charge in [0.25, 0.3) is 5.91 Å². The molecule has 6 nitrogen and oxygen atoms in total. The Balaban J connectivity index is 1.59. The van der Waals surface area contributed by atoms with Gasteiger partial charge < -0.3 is 10.1 Å². The van der Waals surface area contributed by atoms with E-state index in [1.54, 1.807) is 18.2 Å². The summed E-state index contributed by atoms with van der Waals surface area (Å²) in [6, 6.07) is 13.6. The van der Waals surface area contributed by atoms with Crippen LogP contribution in [0.1, 0.15) is 21.5 Å². The van der Waals surface area contributed by atoms with Crippen LogP contribution in [0.15, 0.2) is 79.1 Å². The van der Waals surface area contributed by atoms with Crippen molar-refractivity contribution in [1.82, 2.24) is 15.3 Å². The topological polar surface area (TPSA) is 81.2 Å². The number of methoxy groups -OCH3 is 1. The molecule has 11 heteroatoms. The number of carbonyl (C=O) groups excluding carboxylic acids is 2. The first-order valence-electron chi connectivity index (χ1n) is 12.2. The molecule has 0 bridgehead atoms. The number of carbonyl (C=O) groups is 2. The Kier molecular flexibility index (Phi) is 7.36. The van der Waals surface area contributed by atoms with Crippen molar-refractivity contribution in [2.45, 2.75) is 18.6 Å². The lowest BCUT2D eigenvalue weighted by Crippen LogP contribution is -2.43. The van der Waals surface area contributed by atoms with Crippen molar-refractivity contribution in [3.63, 3.8) is 0 Å². The molecule has 0 spiro atoms. The first-order chi connectivity index (χ1) is 19.6. The number of aromatic nitrogens is 2. The molecule has 0 aliphatic heterocycles. The lowest BCUT2D eigenvalue weighted by atomic mass is 9.93. The SMILES string of the molecule is COC(=O)[C@H](Cc1ccc(-c2ncc3ccccc3c2C(F)(F)F)c2ncccc12)NC(=O)c1c(F)cccc1F. The van der Waals surface area contributed by atoms with Crippen LogP contribution in [0.3, 0.4) is 0 Å². The van der Waals surface area contributed by atoms with Gasteiger partial charge in [0.15, 0.2) is 0 Å². The van der Waals surface area contributed by atoms with E-state index >= 15 is 0 Å². The second-order valence-corrected chi connectivity index (χ2v) is 9.09. The maximum atomic E-state index is 14.4. The Labute approximate surface area is 229 Å². The molecule has 0 aliphatic rings. The molecule has 1 N–H and O–H groups in total. The normalized spacial score (nSPS) is 12.3. The highest BCUT2D eigenvalue weighted by atomic mass is 19.4. The van der Waals surface area contributed by atoms with Crippen molar-refractivity contribution in [2.24, 2.45) is 0 Å². The summed E-state index contributed by atoms with van der Waals surface area (Å²) in [4.78, 5) is 33.8. The number of rotatable bonds is 6. The van der Waals surface area contributed by atoms with E-state index in [0.29, 0.717) is 16.3 Å². The molecular weight excluding hydrogens is 545 g/mol. The van der Waals surface area contributed by atoms with Crippen LogP contribution in [0.4, 0.5) is 22.0 Å². The number of nitrogens with zero attached hydrogens (tertiary/aromatic N) is 2. The third-order valence-electron chi connectivity index (χ3n) is 6.60. The van der Waals surface area contributed by atoms with Crippen molar-refractivity contribution < 1.29 is 36.3 Å². The highest BCUT2D eigenvalue weighted by molar-refractivity contribution is 6.00. The van der Waals surface area contributed by atoms with Gasteiger partial charge in [0.2, 0.25) is 0 Å². The molecule has 1 atom stereocenters. The minimum Gasteiger partial charge on any atom is -0.467 e. The molecule has 0 unspecified atom stereocenters. The Bertz CT molecular complexity index is 1790. The fourth-order valence-corrected chi connectivity index (χ4v) is 4.76. The molecule has 41 heavy (non-hydrogen) atoms. The molecule has 5 rings (SSSR count). The predicted molar refractivity (Wildman–Crippen MR) is 141 cm³/mol. The van der Waals surface area contributed by atoms with Crippen LogP contribution in [-0.2, 0) is 22.1 Å². The number of pyridine rings is 2. The number of nitrogens with one attached hydrogen (secondary N) is 1. The number of fused-ring (bicyclic) bond motifs is 2. The number of ether oxygens (including phenoxy) is 1. The van der Waals surface area contributed by atoms with Gasteiger partial charge in [-0.1, -0.05) is 48.5 Å². The van der Waals surface area contributed by atoms with Gasteiger partial charge in [0.05, 0.1) is 23.9 Å². The monoisotopic (exact) mass is 565 g/mol. The summed E-state index contributed by atoms with van der Waals surface area (Å²) < 4.78 is 76.2. The molecule has 0 fully saturated rings. The highest BCUT2D eigenvalue weighted by Gasteiger charge is 2.37. The lowest BCUT2D eigenvalue weighted by molar-refractivity contribution is -0.142. The molecule has 0 saturated heterocycles. The van der Waals surface area contributed by atoms with Crippen molar-refractivity contribution in [3.05, 3.63) is 107 Å². The Morgan fingerprint density at radius 1 is 0.902 bits per heavy atom. The van der Waals surface area contributed by atoms with Crippen LogP contribution in [0.2, 0.25) is 0 Å². The van der Waals surface area contributed by atoms with Crippen LogP contribution in [0.25, 0.3) is 32.9 Å². The number of amides is 1. The van der Waals surface area contributed by atoms with Gasteiger partial charge in [-0.15, -0.1) is 0 Å². The smallest absolute Gasteiger partial charge is 0.419 e. The fraction of sp³-hybridized carbons (Fsp3) is 0.133. The molecule has 0 saturated carbocycles. The van der Waals surface area contributed by atoms with Gasteiger partial charge in [-0.25, -0.2) is 13.6 Å². The standard InChI is InChI=1S/C30H20F5N3O3/c1-41-29(40)23(38-28(39)24-21(31)9-4-10-22(24)32)14-16-11-12-20(26-19(16)8-5-13-36-26)27-25(30(33,34)35)18-7-3-2-6-17(18)15-37-27/h2-13,15,23H,14H2,1H3,(H,38,39)/t23-/m0/s1. The van der Waals surface area contributed by atoms with E-state index in [1.807, 2.05) is 0 Å². The molecular formula is C30H20F5N3O3. The first kappa shape index (κ1) is 27.6. The van der Waals surface area contributed by atoms with Crippen LogP contribution >= 0.6 is 0 Å². The van der Waals surface area contributed by atoms with Gasteiger partial charge in [-0.2, -0.15) is 13.2 Å². The molecule has 0 radical (unpaired) electrons. The number of esters is 1. The third kappa shape index (κ3) is 5.30. The van der Waals surface area contributed by atoms with E-state index in [0.717, 1.165) is 25.3 Å². The van der Waals surface area contributed by atoms with Gasteiger partial charge >= 0.3 is 12.1 Å².